The molecule has 5 nitrogen and oxygen atoms in total. The van der Waals surface area contributed by atoms with Gasteiger partial charge in [-0.15, -0.1) is 0 Å². The zero-order valence-electron chi connectivity index (χ0n) is 15.0. The molecule has 1 N–H and O–H groups in total. The number of nitrogens with zero attached hydrogens (tertiary/aromatic N) is 4. The van der Waals surface area contributed by atoms with Crippen LogP contribution < -0.4 is 5.49 Å². The molecule has 0 saturated heterocycles. The fourth-order valence-electron chi connectivity index (χ4n) is 4.08. The summed E-state index contributed by atoms with van der Waals surface area (Å²) in [4.78, 5) is 9.25. The number of rotatable bonds is 2. The molecule has 1 aliphatic rings. The highest BCUT2D eigenvalue weighted by atomic mass is 15.2. The van der Waals surface area contributed by atoms with E-state index in [0.29, 0.717) is 11.5 Å². The van der Waals surface area contributed by atoms with Crippen LogP contribution in [-0.2, 0) is 0 Å². The monoisotopic (exact) mass is 335 g/mol. The average molecular weight is 335 g/mol. The lowest BCUT2D eigenvalue weighted by atomic mass is 10.1. The summed E-state index contributed by atoms with van der Waals surface area (Å²) in [6, 6.07) is 6.30. The first-order valence-electron chi connectivity index (χ1n) is 9.23. The van der Waals surface area contributed by atoms with Crippen LogP contribution in [0, 0.1) is 19.3 Å². The summed E-state index contributed by atoms with van der Waals surface area (Å²) in [6.45, 7) is 4.18. The van der Waals surface area contributed by atoms with E-state index in [-0.39, 0.29) is 0 Å². The van der Waals surface area contributed by atoms with Crippen LogP contribution in [0.15, 0.2) is 30.7 Å². The first kappa shape index (κ1) is 16.1. The summed E-state index contributed by atoms with van der Waals surface area (Å²) in [5.74, 6) is 0.859. The fraction of sp³-hybridized carbons (Fsp3) is 0.450. The minimum absolute atomic E-state index is 0.407. The van der Waals surface area contributed by atoms with E-state index < -0.39 is 0 Å². The van der Waals surface area contributed by atoms with E-state index in [1.165, 1.54) is 25.7 Å². The van der Waals surface area contributed by atoms with E-state index in [1.807, 2.05) is 24.5 Å². The molecule has 25 heavy (non-hydrogen) atoms. The van der Waals surface area contributed by atoms with Crippen LogP contribution in [-0.4, -0.2) is 19.1 Å². The molecule has 3 aromatic heterocycles. The van der Waals surface area contributed by atoms with Crippen LogP contribution in [0.25, 0.3) is 16.9 Å². The zero-order chi connectivity index (χ0) is 17.4. The Morgan fingerprint density at radius 2 is 1.80 bits per heavy atom. The van der Waals surface area contributed by atoms with E-state index in [9.17, 15) is 0 Å². The minimum Gasteiger partial charge on any atom is -0.314 e. The predicted octanol–water partition coefficient (Wildman–Crippen LogP) is 4.21. The van der Waals surface area contributed by atoms with Gasteiger partial charge in [-0.2, -0.15) is 0 Å². The van der Waals surface area contributed by atoms with Crippen molar-refractivity contribution in [1.29, 1.82) is 5.41 Å². The number of hydrogen-bond donors (Lipinski definition) is 1. The molecule has 5 heteroatoms. The van der Waals surface area contributed by atoms with Crippen molar-refractivity contribution in [3.05, 3.63) is 47.5 Å². The van der Waals surface area contributed by atoms with Crippen molar-refractivity contribution in [3.8, 4) is 5.82 Å². The highest BCUT2D eigenvalue weighted by molar-refractivity contribution is 5.82. The standard InChI is InChI=1S/C20H25N5/c1-14-15(2)25(17-11-7-8-12-22-17)20-18(14)19(21)24(13-23-20)16-9-5-3-4-6-10-16/h7-8,11-13,16,21H,3-6,9-10H2,1-2H3. The molecule has 0 unspecified atom stereocenters. The summed E-state index contributed by atoms with van der Waals surface area (Å²) in [5.41, 5.74) is 3.66. The molecular weight excluding hydrogens is 310 g/mol. The van der Waals surface area contributed by atoms with Gasteiger partial charge in [-0.05, 0) is 44.4 Å². The van der Waals surface area contributed by atoms with Crippen molar-refractivity contribution in [2.75, 3.05) is 0 Å². The van der Waals surface area contributed by atoms with Crippen LogP contribution >= 0.6 is 0 Å². The quantitative estimate of drug-likeness (QED) is 0.713. The van der Waals surface area contributed by atoms with E-state index in [4.69, 9.17) is 10.4 Å². The Balaban J connectivity index is 1.91. The lowest BCUT2D eigenvalue weighted by Gasteiger charge is -2.18. The molecule has 0 spiro atoms. The van der Waals surface area contributed by atoms with E-state index in [2.05, 4.69) is 28.0 Å². The number of nitrogens with one attached hydrogen (secondary N) is 1. The highest BCUT2D eigenvalue weighted by Crippen LogP contribution is 2.28. The zero-order valence-corrected chi connectivity index (χ0v) is 15.0. The van der Waals surface area contributed by atoms with Crippen LogP contribution in [0.4, 0.5) is 0 Å². The van der Waals surface area contributed by atoms with Gasteiger partial charge in [0.2, 0.25) is 0 Å². The third-order valence-corrected chi connectivity index (χ3v) is 5.58. The Hall–Kier alpha value is -2.43. The molecule has 0 atom stereocenters. The molecular formula is C20H25N5. The molecule has 3 heterocycles. The number of aryl methyl sites for hydroxylation is 1. The Kier molecular flexibility index (Phi) is 4.15. The maximum atomic E-state index is 8.85. The first-order chi connectivity index (χ1) is 12.2. The Morgan fingerprint density at radius 1 is 1.04 bits per heavy atom. The van der Waals surface area contributed by atoms with Crippen molar-refractivity contribution < 1.29 is 0 Å². The van der Waals surface area contributed by atoms with Crippen molar-refractivity contribution in [2.45, 2.75) is 58.4 Å². The largest absolute Gasteiger partial charge is 0.314 e. The van der Waals surface area contributed by atoms with Crippen molar-refractivity contribution in [2.24, 2.45) is 0 Å². The van der Waals surface area contributed by atoms with Crippen LogP contribution in [0.5, 0.6) is 0 Å². The maximum absolute atomic E-state index is 8.85. The molecule has 1 saturated carbocycles. The van der Waals surface area contributed by atoms with Gasteiger partial charge in [-0.1, -0.05) is 31.7 Å². The highest BCUT2D eigenvalue weighted by Gasteiger charge is 2.20. The molecule has 0 bridgehead atoms. The van der Waals surface area contributed by atoms with Crippen LogP contribution in [0.3, 0.4) is 0 Å². The lowest BCUT2D eigenvalue weighted by Crippen LogP contribution is -2.25. The van der Waals surface area contributed by atoms with Crippen molar-refractivity contribution in [1.82, 2.24) is 19.1 Å². The predicted molar refractivity (Wildman–Crippen MR) is 98.9 cm³/mol. The molecule has 0 aromatic carbocycles. The first-order valence-corrected chi connectivity index (χ1v) is 9.23. The number of fused-ring (bicyclic) bond motifs is 1. The van der Waals surface area contributed by atoms with Gasteiger partial charge in [0.1, 0.15) is 11.3 Å². The molecule has 0 aliphatic heterocycles. The molecule has 130 valence electrons. The van der Waals surface area contributed by atoms with E-state index in [0.717, 1.165) is 41.0 Å². The normalized spacial score (nSPS) is 16.2. The molecule has 3 aromatic rings. The number of aromatic nitrogens is 4. The second-order valence-electron chi connectivity index (χ2n) is 7.08. The topological polar surface area (TPSA) is 59.5 Å². The minimum atomic E-state index is 0.407. The second-order valence-corrected chi connectivity index (χ2v) is 7.08. The van der Waals surface area contributed by atoms with Gasteiger partial charge in [0.15, 0.2) is 5.65 Å². The SMILES string of the molecule is Cc1c(C)n(-c2ccccn2)c2ncn(C3CCCCCC3)c(=N)c12. The number of pyridine rings is 1. The molecule has 4 rings (SSSR count). The fourth-order valence-corrected chi connectivity index (χ4v) is 4.08. The van der Waals surface area contributed by atoms with Crippen LogP contribution in [0.1, 0.15) is 55.8 Å². The van der Waals surface area contributed by atoms with Gasteiger partial charge < -0.3 is 4.57 Å². The summed E-state index contributed by atoms with van der Waals surface area (Å²) >= 11 is 0. The van der Waals surface area contributed by atoms with Gasteiger partial charge in [-0.3, -0.25) is 9.98 Å². The van der Waals surface area contributed by atoms with Gasteiger partial charge in [0, 0.05) is 17.9 Å². The van der Waals surface area contributed by atoms with E-state index >= 15 is 0 Å². The lowest BCUT2D eigenvalue weighted by molar-refractivity contribution is 0.424. The summed E-state index contributed by atoms with van der Waals surface area (Å²) in [6.07, 6.45) is 11.1. The summed E-state index contributed by atoms with van der Waals surface area (Å²) < 4.78 is 4.17. The van der Waals surface area contributed by atoms with Crippen LogP contribution in [0.2, 0.25) is 0 Å². The third kappa shape index (κ3) is 2.68. The van der Waals surface area contributed by atoms with Gasteiger partial charge >= 0.3 is 0 Å². The van der Waals surface area contributed by atoms with Gasteiger partial charge in [-0.25, -0.2) is 9.97 Å². The summed E-state index contributed by atoms with van der Waals surface area (Å²) in [5, 5.41) is 9.80. The Bertz CT molecular complexity index is 944. The average Bonchev–Trinajstić information content (AvgIpc) is 2.81. The maximum Gasteiger partial charge on any atom is 0.151 e. The van der Waals surface area contributed by atoms with Gasteiger partial charge in [0.05, 0.1) is 11.7 Å². The third-order valence-electron chi connectivity index (χ3n) is 5.58. The second kappa shape index (κ2) is 6.47. The van der Waals surface area contributed by atoms with Crippen molar-refractivity contribution >= 4 is 11.0 Å². The summed E-state index contributed by atoms with van der Waals surface area (Å²) in [7, 11) is 0. The Morgan fingerprint density at radius 3 is 2.48 bits per heavy atom. The molecule has 1 aliphatic carbocycles. The molecule has 0 radical (unpaired) electrons. The Labute approximate surface area is 147 Å². The smallest absolute Gasteiger partial charge is 0.151 e. The molecule has 1 fully saturated rings. The van der Waals surface area contributed by atoms with Gasteiger partial charge in [0.25, 0.3) is 0 Å². The molecule has 0 amide bonds. The number of hydrogen-bond acceptors (Lipinski definition) is 3. The van der Waals surface area contributed by atoms with E-state index in [1.54, 1.807) is 6.20 Å². The van der Waals surface area contributed by atoms with Crippen molar-refractivity contribution in [3.63, 3.8) is 0 Å².